The van der Waals surface area contributed by atoms with E-state index in [1.165, 1.54) is 5.56 Å². The lowest BCUT2D eigenvalue weighted by Gasteiger charge is -2.04. The second-order valence-electron chi connectivity index (χ2n) is 6.06. The maximum atomic E-state index is 12.3. The van der Waals surface area contributed by atoms with E-state index in [4.69, 9.17) is 11.6 Å². The number of rotatable bonds is 6. The number of pyridine rings is 1. The molecule has 5 nitrogen and oxygen atoms in total. The summed E-state index contributed by atoms with van der Waals surface area (Å²) in [6, 6.07) is 13.2. The number of fused-ring (bicyclic) bond motifs is 1. The monoisotopic (exact) mass is 446 g/mol. The summed E-state index contributed by atoms with van der Waals surface area (Å²) in [6.07, 6.45) is 1.80. The van der Waals surface area contributed by atoms with Crippen molar-refractivity contribution < 1.29 is 0 Å². The molecule has 0 N–H and O–H groups in total. The van der Waals surface area contributed by atoms with Crippen LogP contribution in [-0.4, -0.2) is 19.6 Å². The van der Waals surface area contributed by atoms with Gasteiger partial charge in [0.05, 0.1) is 5.69 Å². The van der Waals surface area contributed by atoms with E-state index in [1.54, 1.807) is 51.5 Å². The Balaban J connectivity index is 1.39. The molecule has 0 aliphatic carbocycles. The molecule has 0 saturated carbocycles. The van der Waals surface area contributed by atoms with Gasteiger partial charge in [0.2, 0.25) is 0 Å². The number of halogens is 1. The van der Waals surface area contributed by atoms with Crippen LogP contribution in [0.1, 0.15) is 16.8 Å². The van der Waals surface area contributed by atoms with Gasteiger partial charge in [-0.05, 0) is 36.2 Å². The van der Waals surface area contributed by atoms with Gasteiger partial charge in [-0.25, -0.2) is 4.98 Å². The highest BCUT2D eigenvalue weighted by molar-refractivity contribution is 8.02. The quantitative estimate of drug-likeness (QED) is 0.384. The van der Waals surface area contributed by atoms with Gasteiger partial charge in [-0.2, -0.15) is 0 Å². The van der Waals surface area contributed by atoms with Crippen LogP contribution < -0.4 is 5.56 Å². The summed E-state index contributed by atoms with van der Waals surface area (Å²) in [5.74, 6) is 1.40. The van der Waals surface area contributed by atoms with Crippen molar-refractivity contribution in [2.45, 2.75) is 27.1 Å². The van der Waals surface area contributed by atoms with E-state index >= 15 is 0 Å². The fraction of sp³-hybridized carbons (Fsp3) is 0.158. The van der Waals surface area contributed by atoms with E-state index in [9.17, 15) is 4.79 Å². The Morgan fingerprint density at radius 2 is 1.75 bits per heavy atom. The average Bonchev–Trinajstić information content (AvgIpc) is 3.14. The average molecular weight is 447 g/mol. The minimum atomic E-state index is -0.0687. The first-order chi connectivity index (χ1) is 13.6. The SMILES string of the molecule is Cc1ccc2nc(CSc3nnc(SCc4ccc(Cl)cc4)s3)cc(=O)n2c1. The molecule has 9 heteroatoms. The van der Waals surface area contributed by atoms with Crippen molar-refractivity contribution in [3.8, 4) is 0 Å². The molecule has 3 heterocycles. The van der Waals surface area contributed by atoms with Crippen LogP contribution in [0.3, 0.4) is 0 Å². The van der Waals surface area contributed by atoms with Gasteiger partial charge in [-0.3, -0.25) is 9.20 Å². The van der Waals surface area contributed by atoms with Crippen LogP contribution in [0.25, 0.3) is 5.65 Å². The van der Waals surface area contributed by atoms with E-state index in [1.807, 2.05) is 43.3 Å². The van der Waals surface area contributed by atoms with Gasteiger partial charge in [-0.15, -0.1) is 10.2 Å². The van der Waals surface area contributed by atoms with Crippen molar-refractivity contribution in [2.75, 3.05) is 0 Å². The molecule has 4 rings (SSSR count). The van der Waals surface area contributed by atoms with E-state index in [2.05, 4.69) is 15.2 Å². The van der Waals surface area contributed by atoms with Crippen molar-refractivity contribution in [1.82, 2.24) is 19.6 Å². The van der Waals surface area contributed by atoms with Gasteiger partial charge in [0.25, 0.3) is 5.56 Å². The first-order valence-electron chi connectivity index (χ1n) is 8.39. The summed E-state index contributed by atoms with van der Waals surface area (Å²) in [5.41, 5.74) is 3.54. The lowest BCUT2D eigenvalue weighted by Crippen LogP contribution is -2.15. The fourth-order valence-corrected chi connectivity index (χ4v) is 5.50. The van der Waals surface area contributed by atoms with Crippen LogP contribution in [0.15, 0.2) is 62.1 Å². The first-order valence-corrected chi connectivity index (χ1v) is 11.6. The Hall–Kier alpha value is -1.87. The van der Waals surface area contributed by atoms with Crippen molar-refractivity contribution in [3.05, 3.63) is 80.9 Å². The van der Waals surface area contributed by atoms with Gasteiger partial charge in [0.1, 0.15) is 5.65 Å². The molecule has 0 aliphatic heterocycles. The molecule has 1 aromatic carbocycles. The van der Waals surface area contributed by atoms with E-state index in [0.717, 1.165) is 30.7 Å². The Labute approximate surface area is 179 Å². The molecule has 0 bridgehead atoms. The third-order valence-electron chi connectivity index (χ3n) is 3.87. The Morgan fingerprint density at radius 3 is 2.50 bits per heavy atom. The molecule has 0 amide bonds. The summed E-state index contributed by atoms with van der Waals surface area (Å²) in [5, 5.41) is 9.21. The smallest absolute Gasteiger partial charge is 0.258 e. The van der Waals surface area contributed by atoms with Gasteiger partial charge in [0, 0.05) is 28.8 Å². The first kappa shape index (κ1) is 19.4. The molecule has 0 unspecified atom stereocenters. The van der Waals surface area contributed by atoms with Crippen LogP contribution in [0, 0.1) is 6.92 Å². The number of aryl methyl sites for hydroxylation is 1. The zero-order chi connectivity index (χ0) is 19.5. The number of hydrogen-bond donors (Lipinski definition) is 0. The van der Waals surface area contributed by atoms with Crippen LogP contribution in [0.4, 0.5) is 0 Å². The normalized spacial score (nSPS) is 11.2. The minimum absolute atomic E-state index is 0.0687. The molecule has 0 atom stereocenters. The predicted octanol–water partition coefficient (Wildman–Crippen LogP) is 5.09. The second kappa shape index (κ2) is 8.65. The van der Waals surface area contributed by atoms with E-state index < -0.39 is 0 Å². The summed E-state index contributed by atoms with van der Waals surface area (Å²) < 4.78 is 3.35. The Morgan fingerprint density at radius 1 is 1.04 bits per heavy atom. The van der Waals surface area contributed by atoms with Gasteiger partial charge < -0.3 is 0 Å². The number of hydrogen-bond acceptors (Lipinski definition) is 7. The molecular weight excluding hydrogens is 432 g/mol. The standard InChI is InChI=1S/C19H15ClN4OS3/c1-12-2-7-16-21-15(8-17(25)24(16)9-12)11-27-19-23-22-18(28-19)26-10-13-3-5-14(20)6-4-13/h2-9H,10-11H2,1H3. The third kappa shape index (κ3) is 4.75. The Bertz CT molecular complexity index is 1170. The Kier molecular flexibility index (Phi) is 6.01. The highest BCUT2D eigenvalue weighted by Crippen LogP contribution is 2.32. The molecule has 0 spiro atoms. The largest absolute Gasteiger partial charge is 0.269 e. The molecule has 0 saturated heterocycles. The van der Waals surface area contributed by atoms with E-state index in [0.29, 0.717) is 11.4 Å². The summed E-state index contributed by atoms with van der Waals surface area (Å²) >= 11 is 10.7. The molecular formula is C19H15ClN4OS3. The van der Waals surface area contributed by atoms with Crippen LogP contribution in [-0.2, 0) is 11.5 Å². The van der Waals surface area contributed by atoms with Gasteiger partial charge in [-0.1, -0.05) is 64.7 Å². The minimum Gasteiger partial charge on any atom is -0.269 e. The number of aromatic nitrogens is 4. The molecule has 142 valence electrons. The molecule has 3 aromatic heterocycles. The molecule has 4 aromatic rings. The highest BCUT2D eigenvalue weighted by Gasteiger charge is 2.09. The highest BCUT2D eigenvalue weighted by atomic mass is 35.5. The molecule has 0 aliphatic rings. The topological polar surface area (TPSA) is 60.2 Å². The molecule has 28 heavy (non-hydrogen) atoms. The molecule has 0 radical (unpaired) electrons. The third-order valence-corrected chi connectivity index (χ3v) is 7.41. The maximum Gasteiger partial charge on any atom is 0.258 e. The zero-order valence-electron chi connectivity index (χ0n) is 14.8. The summed E-state index contributed by atoms with van der Waals surface area (Å²) in [4.78, 5) is 16.8. The van der Waals surface area contributed by atoms with Crippen molar-refractivity contribution >= 4 is 52.1 Å². The van der Waals surface area contributed by atoms with Gasteiger partial charge in [0.15, 0.2) is 8.68 Å². The number of thioether (sulfide) groups is 2. The number of benzene rings is 1. The lowest BCUT2D eigenvalue weighted by molar-refractivity contribution is 0.952. The summed E-state index contributed by atoms with van der Waals surface area (Å²) in [7, 11) is 0. The van der Waals surface area contributed by atoms with Gasteiger partial charge >= 0.3 is 0 Å². The van der Waals surface area contributed by atoms with Crippen molar-refractivity contribution in [3.63, 3.8) is 0 Å². The number of nitrogens with zero attached hydrogens (tertiary/aromatic N) is 4. The van der Waals surface area contributed by atoms with Crippen LogP contribution >= 0.6 is 46.5 Å². The lowest BCUT2D eigenvalue weighted by atomic mass is 10.2. The zero-order valence-corrected chi connectivity index (χ0v) is 18.0. The predicted molar refractivity (Wildman–Crippen MR) is 117 cm³/mol. The summed E-state index contributed by atoms with van der Waals surface area (Å²) in [6.45, 7) is 1.95. The van der Waals surface area contributed by atoms with Crippen molar-refractivity contribution in [2.24, 2.45) is 0 Å². The van der Waals surface area contributed by atoms with Crippen molar-refractivity contribution in [1.29, 1.82) is 0 Å². The van der Waals surface area contributed by atoms with E-state index in [-0.39, 0.29) is 5.56 Å². The van der Waals surface area contributed by atoms with Crippen LogP contribution in [0.5, 0.6) is 0 Å². The fourth-order valence-electron chi connectivity index (χ4n) is 2.51. The second-order valence-corrected chi connectivity index (χ2v) is 9.92. The van der Waals surface area contributed by atoms with Crippen LogP contribution in [0.2, 0.25) is 5.02 Å². The maximum absolute atomic E-state index is 12.3. The molecule has 0 fully saturated rings.